The number of pyridine rings is 1. The summed E-state index contributed by atoms with van der Waals surface area (Å²) in [5.41, 5.74) is 14.7. The van der Waals surface area contributed by atoms with Crippen molar-refractivity contribution in [2.24, 2.45) is 0 Å². The monoisotopic (exact) mass is 767 g/mol. The Hall–Kier alpha value is -8.15. The highest BCUT2D eigenvalue weighted by atomic mass is 16.3. The van der Waals surface area contributed by atoms with Gasteiger partial charge in [0.05, 0.1) is 28.0 Å². The maximum Gasteiger partial charge on any atom is 0.160 e. The molecule has 0 aliphatic rings. The van der Waals surface area contributed by atoms with Crippen molar-refractivity contribution in [2.45, 2.75) is 0 Å². The van der Waals surface area contributed by atoms with Gasteiger partial charge in [0.2, 0.25) is 0 Å². The lowest BCUT2D eigenvalue weighted by molar-refractivity contribution is 0.670. The molecule has 12 aromatic rings. The average Bonchev–Trinajstić information content (AvgIpc) is 3.91. The van der Waals surface area contributed by atoms with Gasteiger partial charge in [0, 0.05) is 49.4 Å². The molecule has 0 atom stereocenters. The minimum Gasteiger partial charge on any atom is -0.455 e. The quantitative estimate of drug-likeness (QED) is 0.169. The number of rotatable bonds is 6. The van der Waals surface area contributed by atoms with Crippen molar-refractivity contribution < 1.29 is 8.83 Å². The van der Waals surface area contributed by atoms with Crippen LogP contribution in [0, 0.1) is 0 Å². The minimum absolute atomic E-state index is 0.647. The van der Waals surface area contributed by atoms with Crippen molar-refractivity contribution in [3.8, 4) is 67.4 Å². The normalized spacial score (nSPS) is 11.7. The Labute approximate surface area is 344 Å². The molecule has 0 aliphatic heterocycles. The van der Waals surface area contributed by atoms with Crippen LogP contribution in [-0.2, 0) is 0 Å². The highest BCUT2D eigenvalue weighted by molar-refractivity contribution is 6.19. The van der Waals surface area contributed by atoms with Gasteiger partial charge in [-0.2, -0.15) is 0 Å². The lowest BCUT2D eigenvalue weighted by Gasteiger charge is -2.14. The van der Waals surface area contributed by atoms with E-state index in [1.807, 2.05) is 60.7 Å². The van der Waals surface area contributed by atoms with Crippen molar-refractivity contribution in [3.63, 3.8) is 0 Å². The number of hydrogen-bond donors (Lipinski definition) is 0. The average molecular weight is 768 g/mol. The molecule has 60 heavy (non-hydrogen) atoms. The van der Waals surface area contributed by atoms with E-state index in [1.165, 1.54) is 5.56 Å². The van der Waals surface area contributed by atoms with Crippen LogP contribution in [-0.4, -0.2) is 15.0 Å². The third-order valence-electron chi connectivity index (χ3n) is 11.5. The number of aromatic nitrogens is 3. The van der Waals surface area contributed by atoms with Crippen LogP contribution in [0.4, 0.5) is 0 Å². The zero-order valence-corrected chi connectivity index (χ0v) is 32.2. The van der Waals surface area contributed by atoms with Crippen LogP contribution in [0.3, 0.4) is 0 Å². The Morgan fingerprint density at radius 1 is 0.317 bits per heavy atom. The van der Waals surface area contributed by atoms with E-state index in [1.54, 1.807) is 0 Å². The number of benzene rings is 8. The van der Waals surface area contributed by atoms with Crippen LogP contribution in [0.1, 0.15) is 0 Å². The molecule has 0 bridgehead atoms. The van der Waals surface area contributed by atoms with Crippen LogP contribution in [0.15, 0.2) is 209 Å². The van der Waals surface area contributed by atoms with Crippen molar-refractivity contribution in [2.75, 3.05) is 0 Å². The first kappa shape index (κ1) is 33.9. The van der Waals surface area contributed by atoms with Gasteiger partial charge in [0.15, 0.2) is 5.82 Å². The lowest BCUT2D eigenvalue weighted by Crippen LogP contribution is -1.97. The lowest BCUT2D eigenvalue weighted by atomic mass is 9.93. The van der Waals surface area contributed by atoms with Gasteiger partial charge < -0.3 is 8.83 Å². The molecule has 5 nitrogen and oxygen atoms in total. The minimum atomic E-state index is 0.647. The van der Waals surface area contributed by atoms with Crippen LogP contribution in [0.5, 0.6) is 0 Å². The summed E-state index contributed by atoms with van der Waals surface area (Å²) in [5, 5.41) is 5.11. The third kappa shape index (κ3) is 5.67. The molecule has 0 amide bonds. The Morgan fingerprint density at radius 2 is 0.867 bits per heavy atom. The van der Waals surface area contributed by atoms with Crippen LogP contribution < -0.4 is 0 Å². The molecular formula is C55H33N3O2. The van der Waals surface area contributed by atoms with Gasteiger partial charge in [-0.05, 0) is 65.2 Å². The molecule has 0 N–H and O–H groups in total. The predicted octanol–water partition coefficient (Wildman–Crippen LogP) is 14.8. The second-order valence-electron chi connectivity index (χ2n) is 15.1. The summed E-state index contributed by atoms with van der Waals surface area (Å²) in [4.78, 5) is 15.9. The molecule has 4 heterocycles. The number of fused-ring (bicyclic) bond motifs is 8. The number of hydrogen-bond acceptors (Lipinski definition) is 5. The van der Waals surface area contributed by atoms with E-state index < -0.39 is 0 Å². The van der Waals surface area contributed by atoms with Crippen LogP contribution >= 0.6 is 0 Å². The summed E-state index contributed by atoms with van der Waals surface area (Å²) in [6, 6.07) is 69.0. The number of para-hydroxylation sites is 4. The number of nitrogens with zero attached hydrogens (tertiary/aromatic N) is 3. The molecule has 280 valence electrons. The van der Waals surface area contributed by atoms with Gasteiger partial charge in [-0.1, -0.05) is 152 Å². The summed E-state index contributed by atoms with van der Waals surface area (Å²) in [6.07, 6.45) is 0. The fourth-order valence-electron chi connectivity index (χ4n) is 8.58. The third-order valence-corrected chi connectivity index (χ3v) is 11.5. The fraction of sp³-hybridized carbons (Fsp3) is 0. The first-order valence-electron chi connectivity index (χ1n) is 20.1. The second kappa shape index (κ2) is 13.8. The maximum absolute atomic E-state index is 6.64. The van der Waals surface area contributed by atoms with Crippen molar-refractivity contribution in [1.29, 1.82) is 0 Å². The summed E-state index contributed by atoms with van der Waals surface area (Å²) in [7, 11) is 0. The van der Waals surface area contributed by atoms with E-state index in [4.69, 9.17) is 23.8 Å². The van der Waals surface area contributed by atoms with Gasteiger partial charge in [-0.15, -0.1) is 0 Å². The van der Waals surface area contributed by atoms with Crippen molar-refractivity contribution in [3.05, 3.63) is 200 Å². The Balaban J connectivity index is 1.13. The maximum atomic E-state index is 6.64. The molecule has 0 spiro atoms. The van der Waals surface area contributed by atoms with E-state index in [-0.39, 0.29) is 0 Å². The summed E-state index contributed by atoms with van der Waals surface area (Å²) < 4.78 is 13.3. The standard InChI is InChI=1S/C55H33N3O2/c1-3-14-34(15-4-1)35-26-28-36(29-27-35)47-33-48(58-55(57-47)37-16-5-2-6-17-37)39-30-38(41-21-13-22-43-42-18-8-11-24-49(42)59-53(41)43)31-40(32-39)52-51-45-20-9-12-25-50(45)60-54(51)44-19-7-10-23-46(44)56-52/h1-33H. The van der Waals surface area contributed by atoms with E-state index in [2.05, 4.69) is 140 Å². The molecule has 0 radical (unpaired) electrons. The first-order valence-corrected chi connectivity index (χ1v) is 20.1. The zero-order chi connectivity index (χ0) is 39.6. The number of furan rings is 2. The second-order valence-corrected chi connectivity index (χ2v) is 15.1. The summed E-state index contributed by atoms with van der Waals surface area (Å²) in [5.74, 6) is 0.647. The van der Waals surface area contributed by atoms with E-state index in [0.29, 0.717) is 5.82 Å². The van der Waals surface area contributed by atoms with Crippen LogP contribution in [0.25, 0.3) is 122 Å². The highest BCUT2D eigenvalue weighted by Gasteiger charge is 2.21. The molecule has 12 rings (SSSR count). The van der Waals surface area contributed by atoms with Gasteiger partial charge in [0.1, 0.15) is 22.3 Å². The molecule has 8 aromatic carbocycles. The van der Waals surface area contributed by atoms with E-state index >= 15 is 0 Å². The van der Waals surface area contributed by atoms with Gasteiger partial charge >= 0.3 is 0 Å². The van der Waals surface area contributed by atoms with Crippen molar-refractivity contribution >= 4 is 54.8 Å². The SMILES string of the molecule is c1ccc(-c2ccc(-c3cc(-c4cc(-c5cccc6c5oc5ccccc56)cc(-c5nc6ccccc6c6oc7ccccc7c56)c4)nc(-c4ccccc4)n3)cc2)cc1. The predicted molar refractivity (Wildman–Crippen MR) is 245 cm³/mol. The van der Waals surface area contributed by atoms with E-state index in [9.17, 15) is 0 Å². The molecule has 0 unspecified atom stereocenters. The van der Waals surface area contributed by atoms with Crippen molar-refractivity contribution in [1.82, 2.24) is 15.0 Å². The van der Waals surface area contributed by atoms with Gasteiger partial charge in [-0.25, -0.2) is 15.0 Å². The topological polar surface area (TPSA) is 65.0 Å². The smallest absolute Gasteiger partial charge is 0.160 e. The van der Waals surface area contributed by atoms with Crippen LogP contribution in [0.2, 0.25) is 0 Å². The molecular weight excluding hydrogens is 735 g/mol. The molecule has 4 aromatic heterocycles. The molecule has 5 heteroatoms. The molecule has 0 saturated carbocycles. The Morgan fingerprint density at radius 3 is 1.65 bits per heavy atom. The first-order chi connectivity index (χ1) is 29.7. The van der Waals surface area contributed by atoms with Gasteiger partial charge in [-0.3, -0.25) is 0 Å². The fourth-order valence-corrected chi connectivity index (χ4v) is 8.58. The summed E-state index contributed by atoms with van der Waals surface area (Å²) >= 11 is 0. The van der Waals surface area contributed by atoms with Gasteiger partial charge in [0.25, 0.3) is 0 Å². The zero-order valence-electron chi connectivity index (χ0n) is 32.2. The molecule has 0 fully saturated rings. The molecule has 0 aliphatic carbocycles. The largest absolute Gasteiger partial charge is 0.455 e. The Kier molecular flexibility index (Phi) is 7.78. The Bertz CT molecular complexity index is 3590. The summed E-state index contributed by atoms with van der Waals surface area (Å²) in [6.45, 7) is 0. The molecule has 0 saturated heterocycles. The highest BCUT2D eigenvalue weighted by Crippen LogP contribution is 2.43. The van der Waals surface area contributed by atoms with E-state index in [0.717, 1.165) is 111 Å².